The summed E-state index contributed by atoms with van der Waals surface area (Å²) < 4.78 is 0. The second-order valence-electron chi connectivity index (χ2n) is 5.43. The van der Waals surface area contributed by atoms with Gasteiger partial charge in [-0.3, -0.25) is 9.59 Å². The third-order valence-corrected chi connectivity index (χ3v) is 3.51. The highest BCUT2D eigenvalue weighted by Crippen LogP contribution is 2.33. The Morgan fingerprint density at radius 1 is 1.30 bits per heavy atom. The van der Waals surface area contributed by atoms with Crippen molar-refractivity contribution in [2.24, 2.45) is 5.92 Å². The van der Waals surface area contributed by atoms with Crippen molar-refractivity contribution >= 4 is 23.2 Å². The zero-order chi connectivity index (χ0) is 14.9. The summed E-state index contributed by atoms with van der Waals surface area (Å²) in [6.07, 6.45) is 3.39. The topological polar surface area (TPSA) is 37.4 Å². The van der Waals surface area contributed by atoms with Crippen LogP contribution in [0.5, 0.6) is 0 Å². The summed E-state index contributed by atoms with van der Waals surface area (Å²) in [6.45, 7) is 1.83. The first-order valence-electron chi connectivity index (χ1n) is 6.63. The first-order valence-corrected chi connectivity index (χ1v) is 7.01. The highest BCUT2D eigenvalue weighted by Gasteiger charge is 2.35. The molecule has 0 N–H and O–H groups in total. The molecule has 0 aliphatic heterocycles. The molecule has 106 valence electrons. The van der Waals surface area contributed by atoms with Gasteiger partial charge in [-0.2, -0.15) is 0 Å². The van der Waals surface area contributed by atoms with Gasteiger partial charge in [0, 0.05) is 36.8 Å². The van der Waals surface area contributed by atoms with Crippen LogP contribution >= 0.6 is 11.6 Å². The van der Waals surface area contributed by atoms with Gasteiger partial charge in [0.1, 0.15) is 0 Å². The van der Waals surface area contributed by atoms with Crippen molar-refractivity contribution in [3.63, 3.8) is 0 Å². The van der Waals surface area contributed by atoms with E-state index in [4.69, 9.17) is 11.6 Å². The Morgan fingerprint density at radius 2 is 1.95 bits per heavy atom. The summed E-state index contributed by atoms with van der Waals surface area (Å²) in [5, 5.41) is 0.589. The minimum atomic E-state index is -0.218. The van der Waals surface area contributed by atoms with Crippen LogP contribution in [-0.2, 0) is 4.79 Å². The summed E-state index contributed by atoms with van der Waals surface area (Å²) >= 11 is 5.91. The quantitative estimate of drug-likeness (QED) is 0.362. The fourth-order valence-electron chi connectivity index (χ4n) is 2.08. The van der Waals surface area contributed by atoms with Crippen LogP contribution in [0.15, 0.2) is 30.0 Å². The summed E-state index contributed by atoms with van der Waals surface area (Å²) in [6, 6.07) is 5.10. The van der Waals surface area contributed by atoms with Crippen LogP contribution in [0.25, 0.3) is 0 Å². The Morgan fingerprint density at radius 3 is 2.45 bits per heavy atom. The van der Waals surface area contributed by atoms with Crippen molar-refractivity contribution in [1.29, 1.82) is 0 Å². The van der Waals surface area contributed by atoms with Gasteiger partial charge in [-0.25, -0.2) is 0 Å². The molecule has 1 aromatic carbocycles. The van der Waals surface area contributed by atoms with E-state index >= 15 is 0 Å². The molecule has 0 atom stereocenters. The number of nitrogens with zero attached hydrogens (tertiary/aromatic N) is 1. The number of ketones is 2. The zero-order valence-corrected chi connectivity index (χ0v) is 12.7. The summed E-state index contributed by atoms with van der Waals surface area (Å²) in [7, 11) is 3.62. The van der Waals surface area contributed by atoms with Crippen LogP contribution in [0.1, 0.15) is 28.8 Å². The van der Waals surface area contributed by atoms with Gasteiger partial charge in [-0.05, 0) is 43.5 Å². The van der Waals surface area contributed by atoms with Crippen LogP contribution in [0.2, 0.25) is 5.02 Å². The molecular weight excluding hydrogens is 274 g/mol. The van der Waals surface area contributed by atoms with E-state index in [1.165, 1.54) is 0 Å². The van der Waals surface area contributed by atoms with E-state index in [1.807, 2.05) is 21.0 Å². The summed E-state index contributed by atoms with van der Waals surface area (Å²) in [4.78, 5) is 26.7. The average molecular weight is 292 g/mol. The lowest BCUT2D eigenvalue weighted by molar-refractivity contribution is -0.116. The summed E-state index contributed by atoms with van der Waals surface area (Å²) in [5.74, 6) is -0.236. The largest absolute Gasteiger partial charge is 0.383 e. The van der Waals surface area contributed by atoms with E-state index < -0.39 is 0 Å². The molecule has 0 saturated heterocycles. The van der Waals surface area contributed by atoms with Crippen LogP contribution in [0, 0.1) is 12.8 Å². The van der Waals surface area contributed by atoms with Gasteiger partial charge in [-0.15, -0.1) is 0 Å². The molecule has 1 aromatic rings. The average Bonchev–Trinajstić information content (AvgIpc) is 3.18. The van der Waals surface area contributed by atoms with Gasteiger partial charge in [0.25, 0.3) is 0 Å². The van der Waals surface area contributed by atoms with Crippen LogP contribution in [0.4, 0.5) is 0 Å². The van der Waals surface area contributed by atoms with Crippen LogP contribution < -0.4 is 0 Å². The SMILES string of the molecule is Cc1cc(Cl)ccc1C(=O)C(=CN(C)C)C(=O)C1CC1. The highest BCUT2D eigenvalue weighted by molar-refractivity contribution is 6.31. The van der Waals surface area contributed by atoms with E-state index in [0.717, 1.165) is 18.4 Å². The third-order valence-electron chi connectivity index (χ3n) is 3.28. The molecule has 0 spiro atoms. The fourth-order valence-corrected chi connectivity index (χ4v) is 2.31. The lowest BCUT2D eigenvalue weighted by Gasteiger charge is -2.12. The van der Waals surface area contributed by atoms with Crippen molar-refractivity contribution in [3.8, 4) is 0 Å². The molecule has 4 heteroatoms. The zero-order valence-electron chi connectivity index (χ0n) is 11.9. The normalized spacial score (nSPS) is 15.1. The van der Waals surface area contributed by atoms with Crippen molar-refractivity contribution in [1.82, 2.24) is 4.90 Å². The number of allylic oxidation sites excluding steroid dienone is 1. The minimum absolute atomic E-state index is 0.0257. The molecule has 1 aliphatic carbocycles. The molecule has 0 amide bonds. The Balaban J connectivity index is 2.37. The molecule has 0 aromatic heterocycles. The maximum Gasteiger partial charge on any atom is 0.198 e. The maximum absolute atomic E-state index is 12.6. The Kier molecular flexibility index (Phi) is 4.29. The molecular formula is C16H18ClNO2. The Hall–Kier alpha value is -1.61. The molecule has 0 bridgehead atoms. The number of hydrogen-bond acceptors (Lipinski definition) is 3. The van der Waals surface area contributed by atoms with Crippen LogP contribution in [-0.4, -0.2) is 30.6 Å². The molecule has 1 saturated carbocycles. The number of rotatable bonds is 5. The van der Waals surface area contributed by atoms with Crippen molar-refractivity contribution < 1.29 is 9.59 Å². The Bertz CT molecular complexity index is 586. The predicted molar refractivity (Wildman–Crippen MR) is 80.0 cm³/mol. The van der Waals surface area contributed by atoms with Gasteiger partial charge in [0.2, 0.25) is 0 Å². The molecule has 20 heavy (non-hydrogen) atoms. The third kappa shape index (κ3) is 3.28. The molecule has 0 radical (unpaired) electrons. The van der Waals surface area contributed by atoms with E-state index in [2.05, 4.69) is 0 Å². The Labute approximate surface area is 124 Å². The smallest absolute Gasteiger partial charge is 0.198 e. The van der Waals surface area contributed by atoms with E-state index in [-0.39, 0.29) is 23.1 Å². The molecule has 2 rings (SSSR count). The van der Waals surface area contributed by atoms with Crippen LogP contribution in [0.3, 0.4) is 0 Å². The lowest BCUT2D eigenvalue weighted by Crippen LogP contribution is -2.19. The van der Waals surface area contributed by atoms with Crippen molar-refractivity contribution in [2.75, 3.05) is 14.1 Å². The van der Waals surface area contributed by atoms with Crippen molar-refractivity contribution in [3.05, 3.63) is 46.1 Å². The monoisotopic (exact) mass is 291 g/mol. The van der Waals surface area contributed by atoms with Gasteiger partial charge >= 0.3 is 0 Å². The number of halogens is 1. The second kappa shape index (κ2) is 5.80. The fraction of sp³-hybridized carbons (Fsp3) is 0.375. The molecule has 3 nitrogen and oxygen atoms in total. The highest BCUT2D eigenvalue weighted by atomic mass is 35.5. The number of Topliss-reactive ketones (excluding diaryl/α,β-unsaturated/α-hetero) is 2. The van der Waals surface area contributed by atoms with E-state index in [1.54, 1.807) is 29.3 Å². The number of carbonyl (C=O) groups is 2. The number of carbonyl (C=O) groups excluding carboxylic acids is 2. The van der Waals surface area contributed by atoms with Gasteiger partial charge in [-0.1, -0.05) is 11.6 Å². The van der Waals surface area contributed by atoms with Gasteiger partial charge in [0.05, 0.1) is 5.57 Å². The minimum Gasteiger partial charge on any atom is -0.383 e. The predicted octanol–water partition coefficient (Wildman–Crippen LogP) is 3.26. The van der Waals surface area contributed by atoms with Crippen molar-refractivity contribution in [2.45, 2.75) is 19.8 Å². The number of aryl methyl sites for hydroxylation is 1. The second-order valence-corrected chi connectivity index (χ2v) is 5.87. The van der Waals surface area contributed by atoms with E-state index in [9.17, 15) is 9.59 Å². The van der Waals surface area contributed by atoms with E-state index in [0.29, 0.717) is 10.6 Å². The van der Waals surface area contributed by atoms with Gasteiger partial charge in [0.15, 0.2) is 11.6 Å². The first kappa shape index (κ1) is 14.8. The first-order chi connectivity index (χ1) is 9.40. The summed E-state index contributed by atoms with van der Waals surface area (Å²) in [5.41, 5.74) is 1.59. The number of hydrogen-bond donors (Lipinski definition) is 0. The maximum atomic E-state index is 12.6. The molecule has 1 fully saturated rings. The lowest BCUT2D eigenvalue weighted by atomic mass is 9.95. The molecule has 1 aliphatic rings. The standard InChI is InChI=1S/C16H18ClNO2/c1-10-8-12(17)6-7-13(10)16(20)14(9-18(2)3)15(19)11-4-5-11/h6-9,11H,4-5H2,1-3H3. The van der Waals surface area contributed by atoms with Gasteiger partial charge < -0.3 is 4.90 Å². The number of benzene rings is 1. The molecule has 0 heterocycles. The molecule has 0 unspecified atom stereocenters.